The third kappa shape index (κ3) is 4.23. The molecule has 0 radical (unpaired) electrons. The van der Waals surface area contributed by atoms with Crippen LogP contribution in [0.15, 0.2) is 41.5 Å². The summed E-state index contributed by atoms with van der Waals surface area (Å²) < 4.78 is 0. The lowest BCUT2D eigenvalue weighted by Gasteiger charge is -2.27. The van der Waals surface area contributed by atoms with E-state index in [1.807, 2.05) is 30.5 Å². The number of aromatic nitrogens is 1. The quantitative estimate of drug-likeness (QED) is 0.597. The zero-order valence-electron chi connectivity index (χ0n) is 14.2. The Labute approximate surface area is 143 Å². The van der Waals surface area contributed by atoms with Crippen molar-refractivity contribution in [3.05, 3.63) is 42.1 Å². The van der Waals surface area contributed by atoms with Gasteiger partial charge in [0.05, 0.1) is 18.2 Å². The summed E-state index contributed by atoms with van der Waals surface area (Å²) in [5.74, 6) is 0.847. The highest BCUT2D eigenvalue weighted by molar-refractivity contribution is 5.83. The van der Waals surface area contributed by atoms with Gasteiger partial charge in [0, 0.05) is 24.2 Å². The van der Waals surface area contributed by atoms with Gasteiger partial charge in [-0.3, -0.25) is 4.98 Å². The van der Waals surface area contributed by atoms with Crippen molar-refractivity contribution in [3.63, 3.8) is 0 Å². The van der Waals surface area contributed by atoms with Crippen molar-refractivity contribution in [1.82, 2.24) is 15.6 Å². The number of aliphatic hydroxyl groups excluding tert-OH is 1. The molecule has 0 spiro atoms. The molecular formula is C19H26N4O. The van der Waals surface area contributed by atoms with Gasteiger partial charge < -0.3 is 15.7 Å². The maximum absolute atomic E-state index is 9.64. The SMILES string of the molecule is CCNC(=NCc1ccnc2ccccc12)NC1CCC(O)CC1. The van der Waals surface area contributed by atoms with Crippen LogP contribution in [0.3, 0.4) is 0 Å². The predicted molar refractivity (Wildman–Crippen MR) is 98.0 cm³/mol. The van der Waals surface area contributed by atoms with Crippen molar-refractivity contribution < 1.29 is 5.11 Å². The van der Waals surface area contributed by atoms with Crippen molar-refractivity contribution in [3.8, 4) is 0 Å². The van der Waals surface area contributed by atoms with E-state index >= 15 is 0 Å². The fourth-order valence-corrected chi connectivity index (χ4v) is 3.19. The number of fused-ring (bicyclic) bond motifs is 1. The maximum atomic E-state index is 9.64. The molecule has 3 rings (SSSR count). The van der Waals surface area contributed by atoms with Crippen molar-refractivity contribution >= 4 is 16.9 Å². The number of aliphatic imine (C=N–C) groups is 1. The number of aliphatic hydroxyl groups is 1. The number of pyridine rings is 1. The lowest BCUT2D eigenvalue weighted by molar-refractivity contribution is 0.120. The van der Waals surface area contributed by atoms with E-state index in [-0.39, 0.29) is 6.10 Å². The van der Waals surface area contributed by atoms with Crippen LogP contribution >= 0.6 is 0 Å². The molecule has 0 amide bonds. The second-order valence-electron chi connectivity index (χ2n) is 6.33. The normalized spacial score (nSPS) is 21.7. The van der Waals surface area contributed by atoms with Crippen LogP contribution in [0.25, 0.3) is 10.9 Å². The molecule has 1 aliphatic rings. The maximum Gasteiger partial charge on any atom is 0.191 e. The fraction of sp³-hybridized carbons (Fsp3) is 0.474. The lowest BCUT2D eigenvalue weighted by atomic mass is 9.93. The Balaban J connectivity index is 1.71. The number of para-hydroxylation sites is 1. The number of nitrogens with one attached hydrogen (secondary N) is 2. The molecule has 1 heterocycles. The Morgan fingerprint density at radius 2 is 2.00 bits per heavy atom. The molecule has 0 bridgehead atoms. The first kappa shape index (κ1) is 16.7. The Morgan fingerprint density at radius 3 is 2.79 bits per heavy atom. The standard InChI is InChI=1S/C19H26N4O/c1-2-20-19(23-15-7-9-16(24)10-8-15)22-13-14-11-12-21-18-6-4-3-5-17(14)18/h3-6,11-12,15-16,24H,2,7-10,13H2,1H3,(H2,20,22,23). The second kappa shape index (κ2) is 8.11. The average molecular weight is 326 g/mol. The Kier molecular flexibility index (Phi) is 5.64. The van der Waals surface area contributed by atoms with Gasteiger partial charge in [0.25, 0.3) is 0 Å². The minimum atomic E-state index is -0.134. The minimum Gasteiger partial charge on any atom is -0.393 e. The summed E-state index contributed by atoms with van der Waals surface area (Å²) in [6, 6.07) is 10.6. The molecule has 5 heteroatoms. The highest BCUT2D eigenvalue weighted by atomic mass is 16.3. The van der Waals surface area contributed by atoms with Gasteiger partial charge in [-0.15, -0.1) is 0 Å². The van der Waals surface area contributed by atoms with Gasteiger partial charge in [0.1, 0.15) is 0 Å². The van der Waals surface area contributed by atoms with Gasteiger partial charge in [0.2, 0.25) is 0 Å². The van der Waals surface area contributed by atoms with Crippen LogP contribution in [-0.4, -0.2) is 34.7 Å². The molecule has 0 saturated heterocycles. The van der Waals surface area contributed by atoms with Crippen LogP contribution in [0.4, 0.5) is 0 Å². The van der Waals surface area contributed by atoms with Crippen molar-refractivity contribution in [2.75, 3.05) is 6.54 Å². The Bertz CT molecular complexity index is 687. The van der Waals surface area contributed by atoms with E-state index in [9.17, 15) is 5.11 Å². The number of rotatable bonds is 4. The summed E-state index contributed by atoms with van der Waals surface area (Å²) in [6.45, 7) is 3.52. The van der Waals surface area contributed by atoms with E-state index in [0.29, 0.717) is 12.6 Å². The first-order valence-electron chi connectivity index (χ1n) is 8.82. The van der Waals surface area contributed by atoms with Crippen molar-refractivity contribution in [1.29, 1.82) is 0 Å². The molecule has 24 heavy (non-hydrogen) atoms. The number of guanidine groups is 1. The van der Waals surface area contributed by atoms with Crippen LogP contribution in [0, 0.1) is 0 Å². The lowest BCUT2D eigenvalue weighted by Crippen LogP contribution is -2.45. The summed E-state index contributed by atoms with van der Waals surface area (Å²) in [5.41, 5.74) is 2.18. The second-order valence-corrected chi connectivity index (χ2v) is 6.33. The number of nitrogens with zero attached hydrogens (tertiary/aromatic N) is 2. The first-order valence-corrected chi connectivity index (χ1v) is 8.82. The summed E-state index contributed by atoms with van der Waals surface area (Å²) >= 11 is 0. The number of benzene rings is 1. The minimum absolute atomic E-state index is 0.134. The zero-order valence-corrected chi connectivity index (χ0v) is 14.2. The molecule has 3 N–H and O–H groups in total. The van der Waals surface area contributed by atoms with Gasteiger partial charge in [-0.25, -0.2) is 4.99 Å². The Hall–Kier alpha value is -2.14. The van der Waals surface area contributed by atoms with Gasteiger partial charge in [-0.05, 0) is 50.3 Å². The largest absolute Gasteiger partial charge is 0.393 e. The van der Waals surface area contributed by atoms with E-state index in [1.165, 1.54) is 5.56 Å². The molecule has 128 valence electrons. The molecule has 5 nitrogen and oxygen atoms in total. The molecule has 0 aliphatic heterocycles. The molecule has 1 fully saturated rings. The molecule has 1 aromatic heterocycles. The molecule has 0 unspecified atom stereocenters. The van der Waals surface area contributed by atoms with E-state index in [2.05, 4.69) is 28.6 Å². The predicted octanol–water partition coefficient (Wildman–Crippen LogP) is 2.59. The van der Waals surface area contributed by atoms with Gasteiger partial charge >= 0.3 is 0 Å². The summed E-state index contributed by atoms with van der Waals surface area (Å²) in [5, 5.41) is 17.6. The van der Waals surface area contributed by atoms with Crippen molar-refractivity contribution in [2.24, 2.45) is 4.99 Å². The highest BCUT2D eigenvalue weighted by Crippen LogP contribution is 2.19. The Morgan fingerprint density at radius 1 is 1.21 bits per heavy atom. The molecule has 1 aliphatic carbocycles. The van der Waals surface area contributed by atoms with E-state index in [4.69, 9.17) is 4.99 Å². The number of hydrogen-bond acceptors (Lipinski definition) is 3. The number of hydrogen-bond donors (Lipinski definition) is 3. The van der Waals surface area contributed by atoms with Gasteiger partial charge in [-0.1, -0.05) is 18.2 Å². The third-order valence-electron chi connectivity index (χ3n) is 4.53. The van der Waals surface area contributed by atoms with Crippen LogP contribution in [0.2, 0.25) is 0 Å². The first-order chi connectivity index (χ1) is 11.8. The summed E-state index contributed by atoms with van der Waals surface area (Å²) in [4.78, 5) is 9.15. The smallest absolute Gasteiger partial charge is 0.191 e. The summed E-state index contributed by atoms with van der Waals surface area (Å²) in [7, 11) is 0. The fourth-order valence-electron chi connectivity index (χ4n) is 3.19. The molecular weight excluding hydrogens is 300 g/mol. The molecule has 2 aromatic rings. The van der Waals surface area contributed by atoms with Gasteiger partial charge in [0.15, 0.2) is 5.96 Å². The van der Waals surface area contributed by atoms with E-state index in [1.54, 1.807) is 0 Å². The van der Waals surface area contributed by atoms with E-state index < -0.39 is 0 Å². The van der Waals surface area contributed by atoms with Gasteiger partial charge in [-0.2, -0.15) is 0 Å². The summed E-state index contributed by atoms with van der Waals surface area (Å²) in [6.07, 6.45) is 5.42. The zero-order chi connectivity index (χ0) is 16.8. The van der Waals surface area contributed by atoms with E-state index in [0.717, 1.165) is 49.1 Å². The van der Waals surface area contributed by atoms with Crippen LogP contribution in [0.5, 0.6) is 0 Å². The topological polar surface area (TPSA) is 69.5 Å². The monoisotopic (exact) mass is 326 g/mol. The van der Waals surface area contributed by atoms with Crippen LogP contribution in [0.1, 0.15) is 38.2 Å². The molecule has 0 atom stereocenters. The molecule has 1 aromatic carbocycles. The van der Waals surface area contributed by atoms with Crippen molar-refractivity contribution in [2.45, 2.75) is 51.3 Å². The average Bonchev–Trinajstić information content (AvgIpc) is 2.62. The highest BCUT2D eigenvalue weighted by Gasteiger charge is 2.19. The van der Waals surface area contributed by atoms with Crippen LogP contribution < -0.4 is 10.6 Å². The van der Waals surface area contributed by atoms with Crippen LogP contribution in [-0.2, 0) is 6.54 Å². The molecule has 1 saturated carbocycles. The third-order valence-corrected chi connectivity index (χ3v) is 4.53.